The van der Waals surface area contributed by atoms with Gasteiger partial charge in [-0.1, -0.05) is 12.1 Å². The van der Waals surface area contributed by atoms with Crippen LogP contribution < -0.4 is 10.2 Å². The summed E-state index contributed by atoms with van der Waals surface area (Å²) in [6.45, 7) is 11.3. The maximum Gasteiger partial charge on any atom is 0.193 e. The van der Waals surface area contributed by atoms with E-state index in [9.17, 15) is 0 Å². The Morgan fingerprint density at radius 3 is 2.64 bits per heavy atom. The number of aryl methyl sites for hydroxylation is 1. The first-order valence-electron chi connectivity index (χ1n) is 9.03. The third-order valence-corrected chi connectivity index (χ3v) is 5.28. The molecular weight excluding hydrogens is 427 g/mol. The van der Waals surface area contributed by atoms with E-state index >= 15 is 0 Å². The number of hydrogen-bond acceptors (Lipinski definition) is 3. The summed E-state index contributed by atoms with van der Waals surface area (Å²) in [4.78, 5) is 9.34. The molecule has 2 aliphatic rings. The Bertz CT molecular complexity index is 579. The summed E-state index contributed by atoms with van der Waals surface area (Å²) in [5, 5.41) is 3.53. The number of nitrogens with zero attached hydrogens (tertiary/aromatic N) is 3. The highest BCUT2D eigenvalue weighted by Gasteiger charge is 2.22. The zero-order valence-electron chi connectivity index (χ0n) is 15.6. The van der Waals surface area contributed by atoms with Crippen molar-refractivity contribution in [3.05, 3.63) is 29.3 Å². The lowest BCUT2D eigenvalue weighted by Gasteiger charge is -2.38. The number of anilines is 1. The summed E-state index contributed by atoms with van der Waals surface area (Å²) in [7, 11) is 1.88. The lowest BCUT2D eigenvalue weighted by molar-refractivity contribution is 0.186. The van der Waals surface area contributed by atoms with Crippen LogP contribution in [0.15, 0.2) is 23.2 Å². The Kier molecular flexibility index (Phi) is 7.81. The van der Waals surface area contributed by atoms with Crippen LogP contribution in [-0.4, -0.2) is 63.8 Å². The SMILES string of the molecule is CN=C(NCC1CCOC1)N1CCN(c2cccc(C)c2C)CC1.I. The maximum absolute atomic E-state index is 5.45. The van der Waals surface area contributed by atoms with Crippen molar-refractivity contribution in [2.45, 2.75) is 20.3 Å². The second-order valence-corrected chi connectivity index (χ2v) is 6.85. The molecule has 5 nitrogen and oxygen atoms in total. The molecule has 0 aliphatic carbocycles. The van der Waals surface area contributed by atoms with Gasteiger partial charge in [0.05, 0.1) is 6.61 Å². The highest BCUT2D eigenvalue weighted by molar-refractivity contribution is 14.0. The van der Waals surface area contributed by atoms with E-state index in [4.69, 9.17) is 4.74 Å². The van der Waals surface area contributed by atoms with Crippen molar-refractivity contribution in [1.82, 2.24) is 10.2 Å². The number of ether oxygens (including phenoxy) is 1. The van der Waals surface area contributed by atoms with Gasteiger partial charge in [0.2, 0.25) is 0 Å². The van der Waals surface area contributed by atoms with E-state index in [1.807, 2.05) is 7.05 Å². The quantitative estimate of drug-likeness (QED) is 0.430. The molecule has 0 bridgehead atoms. The number of hydrogen-bond donors (Lipinski definition) is 1. The number of benzene rings is 1. The predicted molar refractivity (Wildman–Crippen MR) is 115 cm³/mol. The van der Waals surface area contributed by atoms with Gasteiger partial charge in [-0.2, -0.15) is 0 Å². The molecule has 0 aromatic heterocycles. The van der Waals surface area contributed by atoms with E-state index in [1.54, 1.807) is 0 Å². The van der Waals surface area contributed by atoms with Crippen molar-refractivity contribution >= 4 is 35.6 Å². The topological polar surface area (TPSA) is 40.1 Å². The molecular formula is C19H31IN4O. The normalized spacial score (nSPS) is 21.2. The van der Waals surface area contributed by atoms with Gasteiger partial charge in [0.25, 0.3) is 0 Å². The van der Waals surface area contributed by atoms with E-state index < -0.39 is 0 Å². The van der Waals surface area contributed by atoms with Crippen molar-refractivity contribution in [3.8, 4) is 0 Å². The molecule has 1 aromatic carbocycles. The molecule has 6 heteroatoms. The number of guanidine groups is 1. The molecule has 140 valence electrons. The minimum atomic E-state index is 0. The summed E-state index contributed by atoms with van der Waals surface area (Å²) in [5.74, 6) is 1.65. The van der Waals surface area contributed by atoms with E-state index in [2.05, 4.69) is 52.2 Å². The minimum Gasteiger partial charge on any atom is -0.381 e. The van der Waals surface area contributed by atoms with Crippen LogP contribution in [0.3, 0.4) is 0 Å². The fraction of sp³-hybridized carbons (Fsp3) is 0.632. The lowest BCUT2D eigenvalue weighted by Crippen LogP contribution is -2.53. The second-order valence-electron chi connectivity index (χ2n) is 6.85. The average Bonchev–Trinajstić information content (AvgIpc) is 3.12. The monoisotopic (exact) mass is 458 g/mol. The number of aliphatic imine (C=N–C) groups is 1. The van der Waals surface area contributed by atoms with Crippen molar-refractivity contribution in [1.29, 1.82) is 0 Å². The highest BCUT2D eigenvalue weighted by atomic mass is 127. The third kappa shape index (κ3) is 5.00. The summed E-state index contributed by atoms with van der Waals surface area (Å²) in [6, 6.07) is 6.59. The average molecular weight is 458 g/mol. The van der Waals surface area contributed by atoms with Crippen LogP contribution in [0.1, 0.15) is 17.5 Å². The molecule has 25 heavy (non-hydrogen) atoms. The van der Waals surface area contributed by atoms with Crippen molar-refractivity contribution in [2.24, 2.45) is 10.9 Å². The zero-order chi connectivity index (χ0) is 16.9. The van der Waals surface area contributed by atoms with Crippen LogP contribution >= 0.6 is 24.0 Å². The van der Waals surface area contributed by atoms with Gasteiger partial charge >= 0.3 is 0 Å². The Morgan fingerprint density at radius 1 is 1.24 bits per heavy atom. The molecule has 2 heterocycles. The standard InChI is InChI=1S/C19H30N4O.HI/c1-15-5-4-6-18(16(15)2)22-8-10-23(11-9-22)19(20-3)21-13-17-7-12-24-14-17;/h4-6,17H,7-14H2,1-3H3,(H,20,21);1H. The van der Waals surface area contributed by atoms with Gasteiger partial charge < -0.3 is 19.9 Å². The number of nitrogens with one attached hydrogen (secondary N) is 1. The van der Waals surface area contributed by atoms with Crippen LogP contribution in [0.4, 0.5) is 5.69 Å². The van der Waals surface area contributed by atoms with E-state index in [-0.39, 0.29) is 24.0 Å². The summed E-state index contributed by atoms with van der Waals surface area (Å²) >= 11 is 0. The Hall–Kier alpha value is -1.02. The molecule has 1 aromatic rings. The van der Waals surface area contributed by atoms with Crippen molar-refractivity contribution in [3.63, 3.8) is 0 Å². The molecule has 1 N–H and O–H groups in total. The van der Waals surface area contributed by atoms with Gasteiger partial charge in [-0.05, 0) is 37.5 Å². The molecule has 0 spiro atoms. The van der Waals surface area contributed by atoms with Gasteiger partial charge in [-0.15, -0.1) is 24.0 Å². The molecule has 2 saturated heterocycles. The maximum atomic E-state index is 5.45. The Morgan fingerprint density at radius 2 is 2.00 bits per heavy atom. The molecule has 0 saturated carbocycles. The molecule has 0 radical (unpaired) electrons. The van der Waals surface area contributed by atoms with Crippen LogP contribution in [0.5, 0.6) is 0 Å². The molecule has 2 aliphatic heterocycles. The van der Waals surface area contributed by atoms with Gasteiger partial charge in [0.15, 0.2) is 5.96 Å². The van der Waals surface area contributed by atoms with E-state index in [0.717, 1.165) is 58.3 Å². The predicted octanol–water partition coefficient (Wildman–Crippen LogP) is 2.66. The molecule has 0 amide bonds. The van der Waals surface area contributed by atoms with Gasteiger partial charge in [0, 0.05) is 58.0 Å². The summed E-state index contributed by atoms with van der Waals surface area (Å²) < 4.78 is 5.45. The van der Waals surface area contributed by atoms with Gasteiger partial charge in [0.1, 0.15) is 0 Å². The largest absolute Gasteiger partial charge is 0.381 e. The molecule has 3 rings (SSSR count). The fourth-order valence-electron chi connectivity index (χ4n) is 3.55. The van der Waals surface area contributed by atoms with Crippen molar-refractivity contribution in [2.75, 3.05) is 57.9 Å². The highest BCUT2D eigenvalue weighted by Crippen LogP contribution is 2.23. The van der Waals surface area contributed by atoms with Crippen LogP contribution in [0, 0.1) is 19.8 Å². The lowest BCUT2D eigenvalue weighted by atomic mass is 10.1. The van der Waals surface area contributed by atoms with E-state index in [0.29, 0.717) is 5.92 Å². The number of rotatable bonds is 3. The second kappa shape index (κ2) is 9.62. The first-order valence-corrected chi connectivity index (χ1v) is 9.03. The van der Waals surface area contributed by atoms with Crippen LogP contribution in [0.25, 0.3) is 0 Å². The zero-order valence-corrected chi connectivity index (χ0v) is 18.0. The molecule has 1 atom stereocenters. The van der Waals surface area contributed by atoms with Crippen molar-refractivity contribution < 1.29 is 4.74 Å². The van der Waals surface area contributed by atoms with Crippen LogP contribution in [-0.2, 0) is 4.74 Å². The number of piperazine rings is 1. The fourth-order valence-corrected chi connectivity index (χ4v) is 3.55. The first-order chi connectivity index (χ1) is 11.7. The minimum absolute atomic E-state index is 0. The molecule has 1 unspecified atom stereocenters. The number of halogens is 1. The first kappa shape index (κ1) is 20.3. The third-order valence-electron chi connectivity index (χ3n) is 5.28. The van der Waals surface area contributed by atoms with Gasteiger partial charge in [-0.3, -0.25) is 4.99 Å². The Labute approximate surface area is 168 Å². The summed E-state index contributed by atoms with van der Waals surface area (Å²) in [5.41, 5.74) is 4.14. The van der Waals surface area contributed by atoms with Gasteiger partial charge in [-0.25, -0.2) is 0 Å². The smallest absolute Gasteiger partial charge is 0.193 e. The van der Waals surface area contributed by atoms with Crippen LogP contribution in [0.2, 0.25) is 0 Å². The summed E-state index contributed by atoms with van der Waals surface area (Å²) in [6.07, 6.45) is 1.16. The molecule has 2 fully saturated rings. The van der Waals surface area contributed by atoms with E-state index in [1.165, 1.54) is 16.8 Å². The Balaban J connectivity index is 0.00000225.